The fourth-order valence-electron chi connectivity index (χ4n) is 4.90. The Labute approximate surface area is 198 Å². The Hall–Kier alpha value is -1.83. The highest BCUT2D eigenvalue weighted by Crippen LogP contribution is 2.44. The number of nitrogens with zero attached hydrogens (tertiary/aromatic N) is 4. The van der Waals surface area contributed by atoms with Crippen molar-refractivity contribution in [2.24, 2.45) is 11.7 Å². The Morgan fingerprint density at radius 3 is 2.62 bits per heavy atom. The van der Waals surface area contributed by atoms with E-state index >= 15 is 0 Å². The number of fused-ring (bicyclic) bond motifs is 1. The first-order chi connectivity index (χ1) is 15.4. The second kappa shape index (κ2) is 8.84. The molecule has 2 aromatic rings. The number of piperazine rings is 1. The number of halogens is 1. The van der Waals surface area contributed by atoms with Gasteiger partial charge in [0.2, 0.25) is 5.91 Å². The normalized spacial score (nSPS) is 22.5. The summed E-state index contributed by atoms with van der Waals surface area (Å²) in [6.45, 7) is 5.26. The van der Waals surface area contributed by atoms with Crippen molar-refractivity contribution < 1.29 is 4.79 Å². The van der Waals surface area contributed by atoms with Crippen molar-refractivity contribution in [1.82, 2.24) is 14.9 Å². The Kier molecular flexibility index (Phi) is 6.07. The zero-order valence-electron chi connectivity index (χ0n) is 18.5. The predicted molar refractivity (Wildman–Crippen MR) is 130 cm³/mol. The third-order valence-corrected chi connectivity index (χ3v) is 8.43. The molecule has 2 N–H and O–H groups in total. The molecule has 3 aliphatic rings. The smallest absolute Gasteiger partial charge is 0.226 e. The van der Waals surface area contributed by atoms with E-state index in [9.17, 15) is 4.79 Å². The first-order valence-electron chi connectivity index (χ1n) is 11.4. The van der Waals surface area contributed by atoms with Gasteiger partial charge in [-0.1, -0.05) is 23.7 Å². The monoisotopic (exact) mass is 471 g/mol. The molecule has 170 valence electrons. The summed E-state index contributed by atoms with van der Waals surface area (Å²) in [5, 5.41) is 1.14. The summed E-state index contributed by atoms with van der Waals surface area (Å²) in [4.78, 5) is 27.0. The maximum absolute atomic E-state index is 13.6. The molecule has 1 aromatic carbocycles. The zero-order valence-corrected chi connectivity index (χ0v) is 20.0. The molecular weight excluding hydrogens is 442 g/mol. The Bertz CT molecular complexity index is 988. The molecule has 2 aliphatic heterocycles. The summed E-state index contributed by atoms with van der Waals surface area (Å²) >= 11 is 7.96. The van der Waals surface area contributed by atoms with Crippen molar-refractivity contribution in [2.45, 2.75) is 49.1 Å². The second-order valence-corrected chi connectivity index (χ2v) is 11.2. The van der Waals surface area contributed by atoms with Gasteiger partial charge in [0.25, 0.3) is 0 Å². The van der Waals surface area contributed by atoms with E-state index in [0.717, 1.165) is 55.2 Å². The number of nitrogens with two attached hydrogens (primary N) is 1. The summed E-state index contributed by atoms with van der Waals surface area (Å²) in [6, 6.07) is 7.83. The molecule has 1 amide bonds. The van der Waals surface area contributed by atoms with Gasteiger partial charge < -0.3 is 15.5 Å². The highest BCUT2D eigenvalue weighted by Gasteiger charge is 2.43. The minimum Gasteiger partial charge on any atom is -0.353 e. The van der Waals surface area contributed by atoms with E-state index in [1.807, 2.05) is 40.9 Å². The van der Waals surface area contributed by atoms with Gasteiger partial charge in [-0.25, -0.2) is 9.97 Å². The molecule has 0 spiro atoms. The summed E-state index contributed by atoms with van der Waals surface area (Å²) in [5.41, 5.74) is 9.85. The second-order valence-electron chi connectivity index (χ2n) is 9.42. The Morgan fingerprint density at radius 2 is 1.94 bits per heavy atom. The molecule has 0 radical (unpaired) electrons. The lowest BCUT2D eigenvalue weighted by molar-refractivity contribution is -0.136. The van der Waals surface area contributed by atoms with Crippen LogP contribution in [0.3, 0.4) is 0 Å². The fraction of sp³-hybridized carbons (Fsp3) is 0.542. The van der Waals surface area contributed by atoms with Crippen LogP contribution in [-0.2, 0) is 17.0 Å². The summed E-state index contributed by atoms with van der Waals surface area (Å²) in [6.07, 6.45) is 5.18. The van der Waals surface area contributed by atoms with Gasteiger partial charge >= 0.3 is 0 Å². The number of carbonyl (C=O) groups excluding carboxylic acids is 1. The van der Waals surface area contributed by atoms with E-state index < -0.39 is 0 Å². The SMILES string of the molecule is CC1SCc2ncnc(N3CCN(C(=O)C(Cc4ccc(Cl)cc4)CC4(N)CC4)CC3)c21. The average Bonchev–Trinajstić information content (AvgIpc) is 3.42. The van der Waals surface area contributed by atoms with Crippen molar-refractivity contribution in [1.29, 1.82) is 0 Å². The topological polar surface area (TPSA) is 75.4 Å². The van der Waals surface area contributed by atoms with E-state index in [1.165, 1.54) is 5.56 Å². The number of thioether (sulfide) groups is 1. The molecule has 3 heterocycles. The third-order valence-electron chi connectivity index (χ3n) is 7.00. The molecule has 2 atom stereocenters. The van der Waals surface area contributed by atoms with Gasteiger partial charge in [0.05, 0.1) is 5.69 Å². The van der Waals surface area contributed by atoms with Crippen LogP contribution < -0.4 is 10.6 Å². The lowest BCUT2D eigenvalue weighted by atomic mass is 9.90. The number of anilines is 1. The van der Waals surface area contributed by atoms with E-state index in [2.05, 4.69) is 21.8 Å². The number of hydrogen-bond donors (Lipinski definition) is 1. The van der Waals surface area contributed by atoms with Crippen LogP contribution in [0.25, 0.3) is 0 Å². The number of aromatic nitrogens is 2. The number of rotatable bonds is 6. The van der Waals surface area contributed by atoms with Crippen LogP contribution in [-0.4, -0.2) is 52.5 Å². The van der Waals surface area contributed by atoms with Gasteiger partial charge in [-0.05, 0) is 50.3 Å². The van der Waals surface area contributed by atoms with Crippen LogP contribution in [0.1, 0.15) is 48.3 Å². The van der Waals surface area contributed by atoms with E-state index in [4.69, 9.17) is 17.3 Å². The quantitative estimate of drug-likeness (QED) is 0.690. The molecule has 2 unspecified atom stereocenters. The molecule has 2 fully saturated rings. The Balaban J connectivity index is 1.27. The van der Waals surface area contributed by atoms with Crippen LogP contribution in [0.5, 0.6) is 0 Å². The first-order valence-corrected chi connectivity index (χ1v) is 12.9. The van der Waals surface area contributed by atoms with Crippen molar-refractivity contribution in [3.63, 3.8) is 0 Å². The van der Waals surface area contributed by atoms with Gasteiger partial charge in [0.1, 0.15) is 12.1 Å². The lowest BCUT2D eigenvalue weighted by Gasteiger charge is -2.38. The van der Waals surface area contributed by atoms with Crippen LogP contribution >= 0.6 is 23.4 Å². The first kappa shape index (κ1) is 22.0. The third kappa shape index (κ3) is 4.61. The maximum Gasteiger partial charge on any atom is 0.226 e. The standard InChI is InChI=1S/C24H30ClN5OS/c1-16-21-20(14-32-16)27-15-28-22(21)29-8-10-30(11-9-29)23(31)18(13-24(26)6-7-24)12-17-2-4-19(25)5-3-17/h2-5,15-16,18H,6-14,26H2,1H3. The molecule has 1 aliphatic carbocycles. The summed E-state index contributed by atoms with van der Waals surface area (Å²) in [5.74, 6) is 2.15. The molecular formula is C24H30ClN5OS. The van der Waals surface area contributed by atoms with Gasteiger partial charge in [-0.3, -0.25) is 4.79 Å². The summed E-state index contributed by atoms with van der Waals surface area (Å²) in [7, 11) is 0. The predicted octanol–water partition coefficient (Wildman–Crippen LogP) is 3.83. The summed E-state index contributed by atoms with van der Waals surface area (Å²) < 4.78 is 0. The van der Waals surface area contributed by atoms with Crippen LogP contribution in [0, 0.1) is 5.92 Å². The highest BCUT2D eigenvalue weighted by atomic mass is 35.5. The van der Waals surface area contributed by atoms with Crippen molar-refractivity contribution in [2.75, 3.05) is 31.1 Å². The van der Waals surface area contributed by atoms with Gasteiger partial charge in [0, 0.05) is 59.2 Å². The van der Waals surface area contributed by atoms with Crippen molar-refractivity contribution in [3.05, 3.63) is 52.4 Å². The number of carbonyl (C=O) groups is 1. The van der Waals surface area contributed by atoms with Crippen molar-refractivity contribution >= 4 is 35.1 Å². The molecule has 5 rings (SSSR count). The Morgan fingerprint density at radius 1 is 1.22 bits per heavy atom. The fourth-order valence-corrected chi connectivity index (χ4v) is 6.07. The number of hydrogen-bond acceptors (Lipinski definition) is 6. The lowest BCUT2D eigenvalue weighted by Crippen LogP contribution is -2.51. The molecule has 32 heavy (non-hydrogen) atoms. The molecule has 1 saturated carbocycles. The largest absolute Gasteiger partial charge is 0.353 e. The van der Waals surface area contributed by atoms with Crippen LogP contribution in [0.2, 0.25) is 5.02 Å². The minimum atomic E-state index is -0.163. The average molecular weight is 472 g/mol. The molecule has 0 bridgehead atoms. The van der Waals surface area contributed by atoms with Crippen molar-refractivity contribution in [3.8, 4) is 0 Å². The zero-order chi connectivity index (χ0) is 22.3. The van der Waals surface area contributed by atoms with Gasteiger partial charge in [0.15, 0.2) is 0 Å². The minimum absolute atomic E-state index is 0.0880. The number of benzene rings is 1. The van der Waals surface area contributed by atoms with Gasteiger partial charge in [-0.15, -0.1) is 11.8 Å². The molecule has 1 saturated heterocycles. The van der Waals surface area contributed by atoms with E-state index in [1.54, 1.807) is 6.33 Å². The molecule has 1 aromatic heterocycles. The molecule has 6 nitrogen and oxygen atoms in total. The van der Waals surface area contributed by atoms with Crippen LogP contribution in [0.15, 0.2) is 30.6 Å². The van der Waals surface area contributed by atoms with E-state index in [0.29, 0.717) is 29.8 Å². The van der Waals surface area contributed by atoms with Crippen LogP contribution in [0.4, 0.5) is 5.82 Å². The molecule has 8 heteroatoms. The highest BCUT2D eigenvalue weighted by molar-refractivity contribution is 7.99. The van der Waals surface area contributed by atoms with Gasteiger partial charge in [-0.2, -0.15) is 0 Å². The number of amides is 1. The maximum atomic E-state index is 13.6. The van der Waals surface area contributed by atoms with E-state index in [-0.39, 0.29) is 17.4 Å².